The van der Waals surface area contributed by atoms with E-state index in [4.69, 9.17) is 4.74 Å². The number of amides is 1. The van der Waals surface area contributed by atoms with E-state index >= 15 is 0 Å². The highest BCUT2D eigenvalue weighted by Crippen LogP contribution is 2.30. The Balaban J connectivity index is 1.63. The normalized spacial score (nSPS) is 21.7. The Morgan fingerprint density at radius 2 is 1.95 bits per heavy atom. The number of hydrogen-bond donors (Lipinski definition) is 0. The SMILES string of the molecule is Cc1ccc(CN2C(=O)CC[C@@H]2C(=O)OCC2CC2)cc1. The molecule has 1 amide bonds. The molecule has 0 unspecified atom stereocenters. The number of carbonyl (C=O) groups is 2. The molecule has 112 valence electrons. The Kier molecular flexibility index (Phi) is 3.95. The van der Waals surface area contributed by atoms with Crippen LogP contribution in [0.25, 0.3) is 0 Å². The lowest BCUT2D eigenvalue weighted by molar-refractivity contribution is -0.152. The van der Waals surface area contributed by atoms with Crippen LogP contribution < -0.4 is 0 Å². The van der Waals surface area contributed by atoms with E-state index in [2.05, 4.69) is 0 Å². The summed E-state index contributed by atoms with van der Waals surface area (Å²) in [6, 6.07) is 7.66. The van der Waals surface area contributed by atoms with Crippen molar-refractivity contribution in [2.24, 2.45) is 5.92 Å². The molecule has 1 heterocycles. The number of ether oxygens (including phenoxy) is 1. The molecule has 3 rings (SSSR count). The Labute approximate surface area is 125 Å². The molecule has 0 bridgehead atoms. The van der Waals surface area contributed by atoms with Crippen molar-refractivity contribution >= 4 is 11.9 Å². The summed E-state index contributed by atoms with van der Waals surface area (Å²) in [5, 5.41) is 0. The van der Waals surface area contributed by atoms with Crippen molar-refractivity contribution in [3.8, 4) is 0 Å². The van der Waals surface area contributed by atoms with Gasteiger partial charge in [-0.2, -0.15) is 0 Å². The lowest BCUT2D eigenvalue weighted by Crippen LogP contribution is -2.39. The first-order chi connectivity index (χ1) is 10.1. The van der Waals surface area contributed by atoms with Crippen LogP contribution in [-0.4, -0.2) is 29.4 Å². The number of likely N-dealkylation sites (tertiary alicyclic amines) is 1. The second-order valence-electron chi connectivity index (χ2n) is 6.14. The van der Waals surface area contributed by atoms with Crippen molar-refractivity contribution in [2.45, 2.75) is 45.2 Å². The number of nitrogens with zero attached hydrogens (tertiary/aromatic N) is 1. The fourth-order valence-corrected chi connectivity index (χ4v) is 2.65. The number of aryl methyl sites for hydroxylation is 1. The predicted octanol–water partition coefficient (Wildman–Crippen LogP) is 2.44. The zero-order valence-electron chi connectivity index (χ0n) is 12.4. The minimum Gasteiger partial charge on any atom is -0.464 e. The Morgan fingerprint density at radius 3 is 2.62 bits per heavy atom. The molecule has 1 aromatic carbocycles. The van der Waals surface area contributed by atoms with Gasteiger partial charge in [0.2, 0.25) is 5.91 Å². The van der Waals surface area contributed by atoms with Crippen LogP contribution in [-0.2, 0) is 20.9 Å². The maximum atomic E-state index is 12.2. The van der Waals surface area contributed by atoms with Gasteiger partial charge in [0.25, 0.3) is 0 Å². The van der Waals surface area contributed by atoms with E-state index in [-0.39, 0.29) is 11.9 Å². The van der Waals surface area contributed by atoms with E-state index in [0.717, 1.165) is 18.4 Å². The molecule has 4 heteroatoms. The molecular weight excluding hydrogens is 266 g/mol. The summed E-state index contributed by atoms with van der Waals surface area (Å²) >= 11 is 0. The molecule has 1 aliphatic heterocycles. The van der Waals surface area contributed by atoms with Crippen molar-refractivity contribution in [1.82, 2.24) is 4.90 Å². The van der Waals surface area contributed by atoms with Crippen LogP contribution in [0.5, 0.6) is 0 Å². The van der Waals surface area contributed by atoms with Crippen molar-refractivity contribution in [1.29, 1.82) is 0 Å². The van der Waals surface area contributed by atoms with Gasteiger partial charge in [-0.1, -0.05) is 29.8 Å². The van der Waals surface area contributed by atoms with Crippen molar-refractivity contribution in [3.05, 3.63) is 35.4 Å². The molecule has 0 radical (unpaired) electrons. The fraction of sp³-hybridized carbons (Fsp3) is 0.529. The largest absolute Gasteiger partial charge is 0.464 e. The molecule has 0 aromatic heterocycles. The number of hydrogen-bond acceptors (Lipinski definition) is 3. The van der Waals surface area contributed by atoms with E-state index in [9.17, 15) is 9.59 Å². The molecule has 2 aliphatic rings. The first kappa shape index (κ1) is 14.1. The van der Waals surface area contributed by atoms with Crippen LogP contribution in [0.1, 0.15) is 36.8 Å². The van der Waals surface area contributed by atoms with Gasteiger partial charge in [-0.3, -0.25) is 4.79 Å². The summed E-state index contributed by atoms with van der Waals surface area (Å²) in [6.07, 6.45) is 3.33. The fourth-order valence-electron chi connectivity index (χ4n) is 2.65. The molecule has 1 saturated heterocycles. The monoisotopic (exact) mass is 287 g/mol. The van der Waals surface area contributed by atoms with Gasteiger partial charge in [0.15, 0.2) is 0 Å². The molecule has 1 saturated carbocycles. The second kappa shape index (κ2) is 5.88. The van der Waals surface area contributed by atoms with E-state index in [1.54, 1.807) is 4.90 Å². The third-order valence-electron chi connectivity index (χ3n) is 4.23. The molecule has 21 heavy (non-hydrogen) atoms. The summed E-state index contributed by atoms with van der Waals surface area (Å²) in [5.74, 6) is 0.361. The molecular formula is C17H21NO3. The smallest absolute Gasteiger partial charge is 0.328 e. The first-order valence-electron chi connectivity index (χ1n) is 7.65. The Morgan fingerprint density at radius 1 is 1.24 bits per heavy atom. The second-order valence-corrected chi connectivity index (χ2v) is 6.14. The van der Waals surface area contributed by atoms with Crippen molar-refractivity contribution < 1.29 is 14.3 Å². The lowest BCUT2D eigenvalue weighted by atomic mass is 10.1. The molecule has 4 nitrogen and oxygen atoms in total. The Bertz CT molecular complexity index is 533. The molecule has 0 N–H and O–H groups in total. The lowest BCUT2D eigenvalue weighted by Gasteiger charge is -2.23. The molecule has 0 spiro atoms. The average Bonchev–Trinajstić information content (AvgIpc) is 3.24. The molecule has 1 aliphatic carbocycles. The van der Waals surface area contributed by atoms with E-state index in [1.165, 1.54) is 5.56 Å². The third kappa shape index (κ3) is 3.43. The highest BCUT2D eigenvalue weighted by Gasteiger charge is 2.37. The van der Waals surface area contributed by atoms with Gasteiger partial charge in [0, 0.05) is 13.0 Å². The number of esters is 1. The summed E-state index contributed by atoms with van der Waals surface area (Å²) in [7, 11) is 0. The zero-order chi connectivity index (χ0) is 14.8. The standard InChI is InChI=1S/C17H21NO3/c1-12-2-4-13(5-3-12)10-18-15(8-9-16(18)19)17(20)21-11-14-6-7-14/h2-5,14-15H,6-11H2,1H3/t15-/m1/s1. The minimum absolute atomic E-state index is 0.0453. The maximum Gasteiger partial charge on any atom is 0.328 e. The van der Waals surface area contributed by atoms with Gasteiger partial charge >= 0.3 is 5.97 Å². The van der Waals surface area contributed by atoms with Crippen LogP contribution in [0.2, 0.25) is 0 Å². The minimum atomic E-state index is -0.405. The van der Waals surface area contributed by atoms with Crippen LogP contribution in [0.15, 0.2) is 24.3 Å². The summed E-state index contributed by atoms with van der Waals surface area (Å²) in [5.41, 5.74) is 2.24. The highest BCUT2D eigenvalue weighted by atomic mass is 16.5. The van der Waals surface area contributed by atoms with E-state index in [1.807, 2.05) is 31.2 Å². The van der Waals surface area contributed by atoms with E-state index in [0.29, 0.717) is 31.9 Å². The predicted molar refractivity (Wildman–Crippen MR) is 78.4 cm³/mol. The Hall–Kier alpha value is -1.84. The average molecular weight is 287 g/mol. The van der Waals surface area contributed by atoms with Gasteiger partial charge in [-0.15, -0.1) is 0 Å². The topological polar surface area (TPSA) is 46.6 Å². The molecule has 1 aromatic rings. The zero-order valence-corrected chi connectivity index (χ0v) is 12.4. The molecule has 1 atom stereocenters. The molecule has 2 fully saturated rings. The number of carbonyl (C=O) groups excluding carboxylic acids is 2. The first-order valence-corrected chi connectivity index (χ1v) is 7.65. The van der Waals surface area contributed by atoms with Gasteiger partial charge < -0.3 is 9.64 Å². The third-order valence-corrected chi connectivity index (χ3v) is 4.23. The summed E-state index contributed by atoms with van der Waals surface area (Å²) in [4.78, 5) is 25.9. The van der Waals surface area contributed by atoms with Crippen LogP contribution in [0.3, 0.4) is 0 Å². The van der Waals surface area contributed by atoms with Gasteiger partial charge in [0.1, 0.15) is 6.04 Å². The summed E-state index contributed by atoms with van der Waals surface area (Å²) < 4.78 is 5.35. The van der Waals surface area contributed by atoms with E-state index < -0.39 is 6.04 Å². The van der Waals surface area contributed by atoms with Crippen LogP contribution >= 0.6 is 0 Å². The van der Waals surface area contributed by atoms with Gasteiger partial charge in [0.05, 0.1) is 6.61 Å². The van der Waals surface area contributed by atoms with Crippen molar-refractivity contribution in [2.75, 3.05) is 6.61 Å². The van der Waals surface area contributed by atoms with Gasteiger partial charge in [-0.25, -0.2) is 4.79 Å². The highest BCUT2D eigenvalue weighted by molar-refractivity contribution is 5.88. The van der Waals surface area contributed by atoms with Crippen molar-refractivity contribution in [3.63, 3.8) is 0 Å². The number of benzene rings is 1. The van der Waals surface area contributed by atoms with Crippen LogP contribution in [0, 0.1) is 12.8 Å². The quantitative estimate of drug-likeness (QED) is 0.781. The van der Waals surface area contributed by atoms with Crippen LogP contribution in [0.4, 0.5) is 0 Å². The number of rotatable bonds is 5. The summed E-state index contributed by atoms with van der Waals surface area (Å²) in [6.45, 7) is 3.03. The maximum absolute atomic E-state index is 12.2. The van der Waals surface area contributed by atoms with Gasteiger partial charge in [-0.05, 0) is 37.7 Å².